The summed E-state index contributed by atoms with van der Waals surface area (Å²) in [6, 6.07) is 10.4. The lowest BCUT2D eigenvalue weighted by molar-refractivity contribution is -0.156. The third-order valence-corrected chi connectivity index (χ3v) is 4.59. The Bertz CT molecular complexity index is 610. The molecule has 0 bridgehead atoms. The minimum atomic E-state index is -0.501. The van der Waals surface area contributed by atoms with Gasteiger partial charge in [0.2, 0.25) is 0 Å². The average Bonchev–Trinajstić information content (AvgIpc) is 2.86. The van der Waals surface area contributed by atoms with Crippen molar-refractivity contribution in [2.75, 3.05) is 6.61 Å². The van der Waals surface area contributed by atoms with Crippen molar-refractivity contribution in [3.8, 4) is 0 Å². The van der Waals surface area contributed by atoms with E-state index in [1.165, 1.54) is 11.1 Å². The van der Waals surface area contributed by atoms with Gasteiger partial charge in [-0.25, -0.2) is 0 Å². The van der Waals surface area contributed by atoms with Crippen molar-refractivity contribution in [3.05, 3.63) is 60.2 Å². The summed E-state index contributed by atoms with van der Waals surface area (Å²) in [5, 5.41) is 0. The van der Waals surface area contributed by atoms with Gasteiger partial charge in [-0.3, -0.25) is 4.79 Å². The molecule has 0 unspecified atom stereocenters. The van der Waals surface area contributed by atoms with Gasteiger partial charge in [0.05, 0.1) is 11.5 Å². The highest BCUT2D eigenvalue weighted by Gasteiger charge is 2.37. The molecule has 1 aromatic carbocycles. The molecule has 136 valence electrons. The van der Waals surface area contributed by atoms with Crippen LogP contribution in [-0.2, 0) is 20.7 Å². The minimum absolute atomic E-state index is 0.0952. The van der Waals surface area contributed by atoms with E-state index in [0.29, 0.717) is 5.92 Å². The number of hydrogen-bond donors (Lipinski definition) is 0. The first kappa shape index (κ1) is 19.5. The lowest BCUT2D eigenvalue weighted by Gasteiger charge is -2.19. The molecule has 0 amide bonds. The van der Waals surface area contributed by atoms with E-state index in [9.17, 15) is 4.79 Å². The van der Waals surface area contributed by atoms with Crippen molar-refractivity contribution in [2.24, 2.45) is 11.3 Å². The molecule has 0 aromatic heterocycles. The van der Waals surface area contributed by atoms with Crippen molar-refractivity contribution < 1.29 is 14.3 Å². The van der Waals surface area contributed by atoms with E-state index in [1.54, 1.807) is 0 Å². The number of carbonyl (C=O) groups excluding carboxylic acids is 1. The number of benzene rings is 1. The second-order valence-corrected chi connectivity index (χ2v) is 7.72. The Kier molecular flexibility index (Phi) is 6.60. The first-order chi connectivity index (χ1) is 11.8. The van der Waals surface area contributed by atoms with E-state index in [1.807, 2.05) is 45.0 Å². The molecule has 1 aliphatic rings. The van der Waals surface area contributed by atoms with Gasteiger partial charge in [0.15, 0.2) is 0 Å². The summed E-state index contributed by atoms with van der Waals surface area (Å²) in [6.45, 7) is 11.9. The largest absolute Gasteiger partial charge is 0.462 e. The molecule has 2 rings (SSSR count). The van der Waals surface area contributed by atoms with Crippen molar-refractivity contribution in [1.82, 2.24) is 0 Å². The third kappa shape index (κ3) is 5.30. The highest BCUT2D eigenvalue weighted by atomic mass is 16.6. The Labute approximate surface area is 151 Å². The van der Waals surface area contributed by atoms with Gasteiger partial charge >= 0.3 is 5.97 Å². The normalized spacial score (nSPS) is 25.1. The maximum absolute atomic E-state index is 12.1. The smallest absolute Gasteiger partial charge is 0.311 e. The lowest BCUT2D eigenvalue weighted by Crippen LogP contribution is -2.28. The molecule has 1 aliphatic heterocycles. The molecule has 3 nitrogen and oxygen atoms in total. The van der Waals surface area contributed by atoms with Crippen molar-refractivity contribution in [3.63, 3.8) is 0 Å². The molecular weight excluding hydrogens is 312 g/mol. The van der Waals surface area contributed by atoms with Crippen LogP contribution in [0.25, 0.3) is 0 Å². The molecular formula is C22H30O3. The molecule has 3 heteroatoms. The molecule has 0 aliphatic carbocycles. The summed E-state index contributed by atoms with van der Waals surface area (Å²) in [7, 11) is 0. The summed E-state index contributed by atoms with van der Waals surface area (Å²) in [4.78, 5) is 12.1. The number of allylic oxidation sites excluding steroid dienone is 1. The van der Waals surface area contributed by atoms with Crippen LogP contribution in [0.5, 0.6) is 0 Å². The van der Waals surface area contributed by atoms with Crippen LogP contribution in [0.3, 0.4) is 0 Å². The topological polar surface area (TPSA) is 35.5 Å². The number of carbonyl (C=O) groups is 1. The quantitative estimate of drug-likeness (QED) is 0.554. The minimum Gasteiger partial charge on any atom is -0.462 e. The highest BCUT2D eigenvalue weighted by molar-refractivity contribution is 5.75. The molecule has 1 heterocycles. The van der Waals surface area contributed by atoms with E-state index in [-0.39, 0.29) is 24.8 Å². The fraction of sp³-hybridized carbons (Fsp3) is 0.500. The maximum atomic E-state index is 12.1. The van der Waals surface area contributed by atoms with Gasteiger partial charge in [0, 0.05) is 5.92 Å². The number of esters is 1. The van der Waals surface area contributed by atoms with Gasteiger partial charge in [0.25, 0.3) is 0 Å². The highest BCUT2D eigenvalue weighted by Crippen LogP contribution is 2.34. The van der Waals surface area contributed by atoms with Gasteiger partial charge in [-0.15, -0.1) is 6.58 Å². The Morgan fingerprint density at radius 2 is 1.96 bits per heavy atom. The predicted octanol–water partition coefficient (Wildman–Crippen LogP) is 4.72. The number of hydrogen-bond acceptors (Lipinski definition) is 3. The molecule has 0 spiro atoms. The van der Waals surface area contributed by atoms with Crippen molar-refractivity contribution in [1.29, 1.82) is 0 Å². The van der Waals surface area contributed by atoms with Crippen LogP contribution in [0, 0.1) is 11.3 Å². The molecule has 0 saturated carbocycles. The summed E-state index contributed by atoms with van der Waals surface area (Å²) >= 11 is 0. The zero-order valence-corrected chi connectivity index (χ0v) is 15.8. The lowest BCUT2D eigenvalue weighted by atomic mass is 9.92. The number of ether oxygens (including phenoxy) is 2. The van der Waals surface area contributed by atoms with Gasteiger partial charge in [-0.05, 0) is 44.7 Å². The van der Waals surface area contributed by atoms with Gasteiger partial charge in [0.1, 0.15) is 12.7 Å². The van der Waals surface area contributed by atoms with E-state index < -0.39 is 5.41 Å². The van der Waals surface area contributed by atoms with Crippen molar-refractivity contribution in [2.45, 2.75) is 52.7 Å². The second-order valence-electron chi connectivity index (χ2n) is 7.72. The zero-order valence-electron chi connectivity index (χ0n) is 15.8. The third-order valence-electron chi connectivity index (χ3n) is 4.59. The first-order valence-electron chi connectivity index (χ1n) is 9.00. The SMILES string of the molecule is C=CC[C@H]1O[C@@H](COC(=O)C(C)(C)C)/C(=C/Cc2ccccc2)[C@H]1C. The fourth-order valence-corrected chi connectivity index (χ4v) is 3.01. The summed E-state index contributed by atoms with van der Waals surface area (Å²) in [6.07, 6.45) is 5.70. The van der Waals surface area contributed by atoms with E-state index in [0.717, 1.165) is 12.8 Å². The standard InChI is InChI=1S/C22H30O3/c1-6-10-19-16(2)18(14-13-17-11-8-7-9-12-17)20(25-19)15-24-21(23)22(3,4)5/h6-9,11-12,14,16,19-20H,1,10,13,15H2,2-5H3/b18-14+/t16-,19-,20+/m1/s1. The molecule has 1 fully saturated rings. The van der Waals surface area contributed by atoms with Gasteiger partial charge < -0.3 is 9.47 Å². The Morgan fingerprint density at radius 3 is 2.56 bits per heavy atom. The Hall–Kier alpha value is -1.87. The maximum Gasteiger partial charge on any atom is 0.311 e. The predicted molar refractivity (Wildman–Crippen MR) is 101 cm³/mol. The molecule has 0 N–H and O–H groups in total. The van der Waals surface area contributed by atoms with E-state index >= 15 is 0 Å². The molecule has 1 saturated heterocycles. The second kappa shape index (κ2) is 8.48. The van der Waals surface area contributed by atoms with Crippen molar-refractivity contribution >= 4 is 5.97 Å². The van der Waals surface area contributed by atoms with E-state index in [2.05, 4.69) is 31.7 Å². The van der Waals surface area contributed by atoms with Crippen LogP contribution in [0.15, 0.2) is 54.6 Å². The average molecular weight is 342 g/mol. The van der Waals surface area contributed by atoms with Crippen LogP contribution in [0.1, 0.15) is 39.7 Å². The first-order valence-corrected chi connectivity index (χ1v) is 9.00. The van der Waals surface area contributed by atoms with Crippen LogP contribution in [0.2, 0.25) is 0 Å². The van der Waals surface area contributed by atoms with Crippen LogP contribution >= 0.6 is 0 Å². The Balaban J connectivity index is 2.10. The summed E-state index contributed by atoms with van der Waals surface area (Å²) in [5.41, 5.74) is 1.98. The number of rotatable bonds is 6. The van der Waals surface area contributed by atoms with Gasteiger partial charge in [-0.1, -0.05) is 49.4 Å². The van der Waals surface area contributed by atoms with Crippen LogP contribution < -0.4 is 0 Å². The molecule has 25 heavy (non-hydrogen) atoms. The molecule has 0 radical (unpaired) electrons. The van der Waals surface area contributed by atoms with Crippen LogP contribution in [-0.4, -0.2) is 24.8 Å². The summed E-state index contributed by atoms with van der Waals surface area (Å²) in [5.74, 6) is 0.0957. The molecule has 1 aromatic rings. The fourth-order valence-electron chi connectivity index (χ4n) is 3.01. The van der Waals surface area contributed by atoms with E-state index in [4.69, 9.17) is 9.47 Å². The zero-order chi connectivity index (χ0) is 18.4. The van der Waals surface area contributed by atoms with Crippen LogP contribution in [0.4, 0.5) is 0 Å². The van der Waals surface area contributed by atoms with Gasteiger partial charge in [-0.2, -0.15) is 0 Å². The monoisotopic (exact) mass is 342 g/mol. The Morgan fingerprint density at radius 1 is 1.28 bits per heavy atom. The summed E-state index contributed by atoms with van der Waals surface area (Å²) < 4.78 is 11.7. The molecule has 3 atom stereocenters.